The zero-order chi connectivity index (χ0) is 31.4. The fourth-order valence-electron chi connectivity index (χ4n) is 4.29. The average molecular weight is 635 g/mol. The third-order valence-electron chi connectivity index (χ3n) is 6.42. The first-order valence-corrected chi connectivity index (χ1v) is 15.9. The lowest BCUT2D eigenvalue weighted by Gasteiger charge is -2.17. The smallest absolute Gasteiger partial charge is 0.272 e. The number of ether oxygens (including phenoxy) is 1. The lowest BCUT2D eigenvalue weighted by molar-refractivity contribution is -0.116. The van der Waals surface area contributed by atoms with Crippen LogP contribution in [-0.2, 0) is 9.59 Å². The van der Waals surface area contributed by atoms with Gasteiger partial charge in [-0.15, -0.1) is 23.1 Å². The van der Waals surface area contributed by atoms with E-state index in [9.17, 15) is 14.4 Å². The molecule has 5 aromatic rings. The van der Waals surface area contributed by atoms with Crippen molar-refractivity contribution in [1.82, 2.24) is 10.3 Å². The third-order valence-corrected chi connectivity index (χ3v) is 8.37. The van der Waals surface area contributed by atoms with Gasteiger partial charge in [0.05, 0.1) is 6.61 Å². The van der Waals surface area contributed by atoms with Crippen molar-refractivity contribution in [2.75, 3.05) is 17.2 Å². The van der Waals surface area contributed by atoms with Gasteiger partial charge in [0.15, 0.2) is 5.13 Å². The van der Waals surface area contributed by atoms with Crippen LogP contribution in [0.4, 0.5) is 10.8 Å². The second kappa shape index (κ2) is 15.5. The largest absolute Gasteiger partial charge is 0.493 e. The Labute approximate surface area is 269 Å². The lowest BCUT2D eigenvalue weighted by Crippen LogP contribution is -2.30. The van der Waals surface area contributed by atoms with Crippen LogP contribution in [-0.4, -0.2) is 29.3 Å². The van der Waals surface area contributed by atoms with Gasteiger partial charge in [-0.3, -0.25) is 14.4 Å². The Kier molecular flexibility index (Phi) is 10.8. The highest BCUT2D eigenvalue weighted by molar-refractivity contribution is 8.00. The van der Waals surface area contributed by atoms with E-state index in [0.29, 0.717) is 34.3 Å². The first-order valence-electron chi connectivity index (χ1n) is 14.1. The summed E-state index contributed by atoms with van der Waals surface area (Å²) in [4.78, 5) is 44.8. The number of benzene rings is 4. The molecular formula is C35H30N4O4S2. The average Bonchev–Trinajstić information content (AvgIpc) is 3.59. The Morgan fingerprint density at radius 3 is 2.24 bits per heavy atom. The molecule has 4 aromatic carbocycles. The molecule has 1 unspecified atom stereocenters. The summed E-state index contributed by atoms with van der Waals surface area (Å²) in [5, 5.41) is 10.3. The lowest BCUT2D eigenvalue weighted by atomic mass is 10.1. The molecule has 3 N–H and O–H groups in total. The van der Waals surface area contributed by atoms with E-state index in [4.69, 9.17) is 4.74 Å². The predicted molar refractivity (Wildman–Crippen MR) is 180 cm³/mol. The van der Waals surface area contributed by atoms with E-state index in [-0.39, 0.29) is 11.6 Å². The summed E-state index contributed by atoms with van der Waals surface area (Å²) in [6.07, 6.45) is 3.24. The maximum atomic E-state index is 13.5. The first kappa shape index (κ1) is 31.2. The van der Waals surface area contributed by atoms with E-state index in [0.717, 1.165) is 10.5 Å². The van der Waals surface area contributed by atoms with E-state index >= 15 is 0 Å². The minimum absolute atomic E-state index is 0.0532. The molecule has 0 radical (unpaired) electrons. The number of rotatable bonds is 12. The number of thioether (sulfide) groups is 1. The first-order chi connectivity index (χ1) is 22.0. The Bertz CT molecular complexity index is 1760. The molecule has 1 heterocycles. The number of thiazole rings is 1. The highest BCUT2D eigenvalue weighted by atomic mass is 32.2. The standard InChI is InChI=1S/C35H30N4O4S2/c1-2-43-30-16-10-9-15-26(30)23-29(38-32(40)25-13-7-4-8-14-25)33(41)37-27-17-19-28(20-18-27)45-31(24-11-5-3-6-12-24)34(42)39-35-36-21-22-44-35/h3-23,31H,2H2,1H3,(H,37,41)(H,38,40)(H,36,39,42)/b29-23-. The number of nitrogens with one attached hydrogen (secondary N) is 3. The van der Waals surface area contributed by atoms with Crippen molar-refractivity contribution in [2.24, 2.45) is 0 Å². The monoisotopic (exact) mass is 634 g/mol. The Balaban J connectivity index is 1.34. The van der Waals surface area contributed by atoms with Crippen LogP contribution in [0.25, 0.3) is 6.08 Å². The number of aromatic nitrogens is 1. The third kappa shape index (κ3) is 8.69. The number of amides is 3. The molecule has 10 heteroatoms. The molecule has 1 atom stereocenters. The molecule has 0 aliphatic carbocycles. The molecule has 8 nitrogen and oxygen atoms in total. The summed E-state index contributed by atoms with van der Waals surface area (Å²) >= 11 is 2.74. The van der Waals surface area contributed by atoms with Crippen molar-refractivity contribution in [2.45, 2.75) is 17.1 Å². The number of hydrogen-bond donors (Lipinski definition) is 3. The summed E-state index contributed by atoms with van der Waals surface area (Å²) in [7, 11) is 0. The van der Waals surface area contributed by atoms with Crippen LogP contribution in [0.5, 0.6) is 5.75 Å². The van der Waals surface area contributed by atoms with Crippen LogP contribution < -0.4 is 20.7 Å². The number of carbonyl (C=O) groups excluding carboxylic acids is 3. The number of anilines is 2. The van der Waals surface area contributed by atoms with Crippen molar-refractivity contribution >= 4 is 57.7 Å². The molecular weight excluding hydrogens is 605 g/mol. The van der Waals surface area contributed by atoms with Gasteiger partial charge in [-0.2, -0.15) is 0 Å². The van der Waals surface area contributed by atoms with Crippen molar-refractivity contribution in [1.29, 1.82) is 0 Å². The Morgan fingerprint density at radius 1 is 0.867 bits per heavy atom. The topological polar surface area (TPSA) is 109 Å². The molecule has 45 heavy (non-hydrogen) atoms. The van der Waals surface area contributed by atoms with Gasteiger partial charge in [0.25, 0.3) is 11.8 Å². The summed E-state index contributed by atoms with van der Waals surface area (Å²) < 4.78 is 5.73. The zero-order valence-electron chi connectivity index (χ0n) is 24.3. The van der Waals surface area contributed by atoms with Crippen molar-refractivity contribution in [3.63, 3.8) is 0 Å². The summed E-state index contributed by atoms with van der Waals surface area (Å²) in [5.74, 6) is -0.515. The van der Waals surface area contributed by atoms with Crippen molar-refractivity contribution < 1.29 is 19.1 Å². The van der Waals surface area contributed by atoms with Crippen LogP contribution in [0.2, 0.25) is 0 Å². The van der Waals surface area contributed by atoms with Crippen LogP contribution >= 0.6 is 23.1 Å². The van der Waals surface area contributed by atoms with Gasteiger partial charge in [0.1, 0.15) is 16.7 Å². The normalized spacial score (nSPS) is 11.7. The van der Waals surface area contributed by atoms with Crippen LogP contribution in [0, 0.1) is 0 Å². The SMILES string of the molecule is CCOc1ccccc1/C=C(\NC(=O)c1ccccc1)C(=O)Nc1ccc(SC(C(=O)Nc2nccs2)c2ccccc2)cc1. The number of nitrogens with zero attached hydrogens (tertiary/aromatic N) is 1. The number of carbonyl (C=O) groups is 3. The van der Waals surface area contributed by atoms with Gasteiger partial charge in [0.2, 0.25) is 5.91 Å². The summed E-state index contributed by atoms with van der Waals surface area (Å²) in [5.41, 5.74) is 2.49. The van der Waals surface area contributed by atoms with Gasteiger partial charge in [-0.1, -0.05) is 66.7 Å². The fraction of sp³-hybridized carbons (Fsp3) is 0.0857. The number of hydrogen-bond acceptors (Lipinski definition) is 7. The molecule has 226 valence electrons. The molecule has 0 aliphatic heterocycles. The van der Waals surface area contributed by atoms with E-state index in [1.165, 1.54) is 23.1 Å². The van der Waals surface area contributed by atoms with Gasteiger partial charge in [0, 0.05) is 33.3 Å². The second-order valence-electron chi connectivity index (χ2n) is 9.56. The number of para-hydroxylation sites is 1. The van der Waals surface area contributed by atoms with Crippen molar-refractivity contribution in [3.05, 3.63) is 143 Å². The Hall–Kier alpha value is -5.19. The molecule has 0 fully saturated rings. The van der Waals surface area contributed by atoms with Gasteiger partial charge < -0.3 is 20.7 Å². The quantitative estimate of drug-likeness (QED) is 0.0973. The summed E-state index contributed by atoms with van der Waals surface area (Å²) in [6.45, 7) is 2.33. The maximum absolute atomic E-state index is 13.5. The fourth-order valence-corrected chi connectivity index (χ4v) is 5.85. The molecule has 0 saturated heterocycles. The van der Waals surface area contributed by atoms with E-state index in [1.807, 2.05) is 73.7 Å². The van der Waals surface area contributed by atoms with Crippen LogP contribution in [0.1, 0.15) is 33.7 Å². The molecule has 5 rings (SSSR count). The predicted octanol–water partition coefficient (Wildman–Crippen LogP) is 7.42. The van der Waals surface area contributed by atoms with Gasteiger partial charge in [-0.25, -0.2) is 4.98 Å². The van der Waals surface area contributed by atoms with Gasteiger partial charge >= 0.3 is 0 Å². The molecule has 0 spiro atoms. The molecule has 0 bridgehead atoms. The van der Waals surface area contributed by atoms with Crippen LogP contribution in [0.3, 0.4) is 0 Å². The minimum atomic E-state index is -0.524. The zero-order valence-corrected chi connectivity index (χ0v) is 25.9. The maximum Gasteiger partial charge on any atom is 0.272 e. The van der Waals surface area contributed by atoms with Crippen LogP contribution in [0.15, 0.2) is 131 Å². The summed E-state index contributed by atoms with van der Waals surface area (Å²) in [6, 6.07) is 32.7. The highest BCUT2D eigenvalue weighted by Crippen LogP contribution is 2.37. The molecule has 0 saturated carbocycles. The van der Waals surface area contributed by atoms with E-state index < -0.39 is 17.1 Å². The van der Waals surface area contributed by atoms with E-state index in [1.54, 1.807) is 60.1 Å². The van der Waals surface area contributed by atoms with Gasteiger partial charge in [-0.05, 0) is 61.0 Å². The minimum Gasteiger partial charge on any atom is -0.493 e. The molecule has 1 aromatic heterocycles. The highest BCUT2D eigenvalue weighted by Gasteiger charge is 2.23. The Morgan fingerprint density at radius 2 is 1.56 bits per heavy atom. The molecule has 3 amide bonds. The molecule has 0 aliphatic rings. The van der Waals surface area contributed by atoms with Crippen molar-refractivity contribution in [3.8, 4) is 5.75 Å². The second-order valence-corrected chi connectivity index (χ2v) is 11.6. The van der Waals surface area contributed by atoms with E-state index in [2.05, 4.69) is 20.9 Å².